The molecule has 11 aromatic carbocycles. The monoisotopic (exact) mass is 1010 g/mol. The van der Waals surface area contributed by atoms with Crippen LogP contribution in [-0.2, 0) is 0 Å². The van der Waals surface area contributed by atoms with Crippen molar-refractivity contribution >= 4 is 94.2 Å². The lowest BCUT2D eigenvalue weighted by Crippen LogP contribution is -2.74. The van der Waals surface area contributed by atoms with Crippen molar-refractivity contribution in [2.75, 3.05) is 0 Å². The predicted molar refractivity (Wildman–Crippen MR) is 320 cm³/mol. The Labute approximate surface area is 474 Å². The highest BCUT2D eigenvalue weighted by Gasteiger charge is 2.42. The second-order valence-corrected chi connectivity index (χ2v) is 21.7. The van der Waals surface area contributed by atoms with Crippen LogP contribution in [0.2, 0.25) is 0 Å². The molecule has 15 aromatic rings. The van der Waals surface area contributed by atoms with Crippen LogP contribution < -0.4 is 20.7 Å². The molecule has 0 N–H and O–H groups in total. The second kappa shape index (κ2) is 17.7. The summed E-state index contributed by atoms with van der Waals surface area (Å²) in [5, 5.41) is 0.825. The molecule has 0 aliphatic heterocycles. The summed E-state index contributed by atoms with van der Waals surface area (Å²) >= 11 is 0. The molecule has 0 saturated carbocycles. The van der Waals surface area contributed by atoms with Gasteiger partial charge in [0.25, 0.3) is 0 Å². The number of benzene rings is 11. The third-order valence-corrected chi connectivity index (χ3v) is 18.7. The molecule has 4 heterocycles. The van der Waals surface area contributed by atoms with Crippen LogP contribution in [0.15, 0.2) is 285 Å². The quantitative estimate of drug-likeness (QED) is 0.107. The van der Waals surface area contributed by atoms with E-state index >= 15 is 0 Å². The number of nitrogens with zero attached hydrogens (tertiary/aromatic N) is 5. The second-order valence-electron chi connectivity index (χ2n) is 17.9. The zero-order valence-electron chi connectivity index (χ0n) is 63.5. The van der Waals surface area contributed by atoms with Crippen molar-refractivity contribution in [2.24, 2.45) is 0 Å². The SMILES string of the molecule is [2H]c1c([2H])c([2H])c2c(c1[2H])c1c([2H])c([2H])c([2H])c([2H])c1n2-c1cc(-c2cc([Si](c3ccccc3)(c3ccccc3)c3cccc(-c4ccccc4)c3)ccc2-n2c3c([2H])c([2H])c([2H])c([2H])c3c3c([2H])c([2H])c([2H])c([2H])c32)nc(-n2c3c([2H])c([2H])c([2H])c([2H])c3c3c([2H])c([2H])c([2H])c([2H])c32)n1. The Morgan fingerprint density at radius 1 is 0.316 bits per heavy atom. The van der Waals surface area contributed by atoms with Crippen LogP contribution in [0.1, 0.15) is 32.9 Å². The van der Waals surface area contributed by atoms with Crippen molar-refractivity contribution in [3.05, 3.63) is 285 Å². The zero-order valence-corrected chi connectivity index (χ0v) is 40.5. The van der Waals surface area contributed by atoms with Gasteiger partial charge in [0, 0.05) is 43.9 Å². The van der Waals surface area contributed by atoms with E-state index in [-0.39, 0.29) is 49.5 Å². The number of fused-ring (bicyclic) bond motifs is 9. The fourth-order valence-corrected chi connectivity index (χ4v) is 15.6. The molecule has 0 unspecified atom stereocenters. The number of hydrogen-bond donors (Lipinski definition) is 0. The molecule has 15 rings (SSSR count). The predicted octanol–water partition coefficient (Wildman–Crippen LogP) is 14.5. The van der Waals surface area contributed by atoms with E-state index in [0.29, 0.717) is 5.19 Å². The molecule has 0 spiro atoms. The van der Waals surface area contributed by atoms with Crippen molar-refractivity contribution < 1.29 is 32.9 Å². The van der Waals surface area contributed by atoms with E-state index in [1.165, 1.54) is 10.6 Å². The number of para-hydroxylation sites is 6. The zero-order chi connectivity index (χ0) is 71.0. The molecule has 0 fully saturated rings. The summed E-state index contributed by atoms with van der Waals surface area (Å²) in [6.45, 7) is 0. The summed E-state index contributed by atoms with van der Waals surface area (Å²) in [5.41, 5.74) is -1.28. The molecule has 0 amide bonds. The molecule has 0 aliphatic carbocycles. The Hall–Kier alpha value is -9.88. The molecule has 0 radical (unpaired) electrons. The van der Waals surface area contributed by atoms with Crippen LogP contribution in [0.5, 0.6) is 0 Å². The minimum Gasteiger partial charge on any atom is -0.309 e. The summed E-state index contributed by atoms with van der Waals surface area (Å²) < 4.78 is 227. The van der Waals surface area contributed by atoms with Crippen molar-refractivity contribution in [1.82, 2.24) is 23.7 Å². The first kappa shape index (κ1) is 25.9. The lowest BCUT2D eigenvalue weighted by molar-refractivity contribution is 0.951. The number of rotatable bonds is 9. The van der Waals surface area contributed by atoms with Crippen molar-refractivity contribution in [3.8, 4) is 39.8 Å². The van der Waals surface area contributed by atoms with Gasteiger partial charge >= 0.3 is 0 Å². The average molecular weight is 1010 g/mol. The van der Waals surface area contributed by atoms with Gasteiger partial charge in [0.15, 0.2) is 8.07 Å². The molecule has 0 atom stereocenters. The molecular formula is C70H47N5Si. The Morgan fingerprint density at radius 3 is 1.20 bits per heavy atom. The minimum absolute atomic E-state index is 0.0712. The van der Waals surface area contributed by atoms with Crippen molar-refractivity contribution in [2.45, 2.75) is 0 Å². The molecule has 76 heavy (non-hydrogen) atoms. The summed E-state index contributed by atoms with van der Waals surface area (Å²) in [5.74, 6) is -1.16. The van der Waals surface area contributed by atoms with E-state index in [2.05, 4.69) is 6.07 Å². The average Bonchev–Trinajstić information content (AvgIpc) is 1.48. The Kier molecular flexibility index (Phi) is 6.01. The van der Waals surface area contributed by atoms with Gasteiger partial charge in [0.05, 0.1) is 77.4 Å². The van der Waals surface area contributed by atoms with Gasteiger partial charge in [0.1, 0.15) is 5.82 Å². The molecule has 0 bridgehead atoms. The van der Waals surface area contributed by atoms with Crippen molar-refractivity contribution in [1.29, 1.82) is 0 Å². The summed E-state index contributed by atoms with van der Waals surface area (Å²) in [6, 6.07) is 25.4. The minimum atomic E-state index is -3.94. The summed E-state index contributed by atoms with van der Waals surface area (Å²) in [6.07, 6.45) is 0. The van der Waals surface area contributed by atoms with E-state index in [9.17, 15) is 19.2 Å². The first-order chi connectivity index (χ1) is 47.7. The van der Waals surface area contributed by atoms with E-state index < -0.39 is 198 Å². The van der Waals surface area contributed by atoms with Crippen LogP contribution in [0, 0.1) is 0 Å². The van der Waals surface area contributed by atoms with Crippen LogP contribution >= 0.6 is 0 Å². The Balaban J connectivity index is 1.23. The van der Waals surface area contributed by atoms with Gasteiger partial charge in [-0.15, -0.1) is 0 Å². The first-order valence-corrected chi connectivity index (χ1v) is 26.0. The van der Waals surface area contributed by atoms with Crippen molar-refractivity contribution in [3.63, 3.8) is 0 Å². The maximum Gasteiger partial charge on any atom is 0.237 e. The lowest BCUT2D eigenvalue weighted by Gasteiger charge is -2.35. The highest BCUT2D eigenvalue weighted by Crippen LogP contribution is 2.39. The van der Waals surface area contributed by atoms with Crippen LogP contribution in [-0.4, -0.2) is 31.7 Å². The van der Waals surface area contributed by atoms with Crippen LogP contribution in [0.4, 0.5) is 0 Å². The van der Waals surface area contributed by atoms with Crippen LogP contribution in [0.25, 0.3) is 105 Å². The Morgan fingerprint density at radius 2 is 0.711 bits per heavy atom. The lowest BCUT2D eigenvalue weighted by atomic mass is 10.1. The van der Waals surface area contributed by atoms with E-state index in [1.54, 1.807) is 18.2 Å². The fraction of sp³-hybridized carbons (Fsp3) is 0. The van der Waals surface area contributed by atoms with Gasteiger partial charge in [-0.25, -0.2) is 4.98 Å². The van der Waals surface area contributed by atoms with E-state index in [1.807, 2.05) is 109 Å². The molecule has 0 aliphatic rings. The maximum absolute atomic E-state index is 9.78. The molecule has 6 heteroatoms. The van der Waals surface area contributed by atoms with Gasteiger partial charge in [0.2, 0.25) is 5.95 Å². The molecule has 4 aromatic heterocycles. The fourth-order valence-electron chi connectivity index (χ4n) is 10.8. The first-order valence-electron chi connectivity index (χ1n) is 36.0. The third-order valence-electron chi connectivity index (χ3n) is 14.0. The molecule has 0 saturated heterocycles. The molecule has 356 valence electrons. The normalized spacial score (nSPS) is 16.4. The summed E-state index contributed by atoms with van der Waals surface area (Å²) in [4.78, 5) is 10.4. The number of hydrogen-bond acceptors (Lipinski definition) is 2. The number of aromatic nitrogens is 5. The Bertz CT molecular complexity index is 5710. The highest BCUT2D eigenvalue weighted by molar-refractivity contribution is 7.20. The van der Waals surface area contributed by atoms with E-state index in [0.717, 1.165) is 35.8 Å². The van der Waals surface area contributed by atoms with Crippen LogP contribution in [0.3, 0.4) is 0 Å². The standard InChI is InChI=1S/C70H47N5Si/c1-4-23-48(24-5-1)49-25-22-30-52(45-49)76(50-26-6-2-7-27-50,51-28-8-3-9-29-51)53-43-44-68(73-62-37-16-10-31-54(62)55-32-11-17-38-63(55)73)60(46-53)61-47-69(74-64-39-18-12-33-56(64)57-34-13-19-40-65(57)74)72-70(71-61)75-66-41-20-14-35-58(66)59-36-15-21-42-67(59)75/h1-47H/i10D,11D,12D,13D,14D,15D,16D,17D,18D,19D,20D,21D,31D,32D,33D,34D,35D,36D,37D,38D,39D,40D,41D,42D. The van der Waals surface area contributed by atoms with Gasteiger partial charge in [-0.1, -0.05) is 236 Å². The molecule has 5 nitrogen and oxygen atoms in total. The third kappa shape index (κ3) is 6.71. The topological polar surface area (TPSA) is 40.6 Å². The van der Waals surface area contributed by atoms with Gasteiger partial charge in [-0.05, 0) is 74.2 Å². The van der Waals surface area contributed by atoms with Gasteiger partial charge < -0.3 is 4.57 Å². The smallest absolute Gasteiger partial charge is 0.237 e. The highest BCUT2D eigenvalue weighted by atomic mass is 28.3. The molecular weight excluding hydrogens is 939 g/mol. The van der Waals surface area contributed by atoms with E-state index in [4.69, 9.17) is 23.7 Å². The largest absolute Gasteiger partial charge is 0.309 e. The summed E-state index contributed by atoms with van der Waals surface area (Å²) in [7, 11) is -3.94. The maximum atomic E-state index is 9.78. The van der Waals surface area contributed by atoms with Gasteiger partial charge in [-0.2, -0.15) is 4.98 Å². The van der Waals surface area contributed by atoms with Gasteiger partial charge in [-0.3, -0.25) is 9.13 Å².